The van der Waals surface area contributed by atoms with Gasteiger partial charge in [0.05, 0.1) is 12.3 Å². The van der Waals surface area contributed by atoms with Gasteiger partial charge in [0.15, 0.2) is 0 Å². The Morgan fingerprint density at radius 3 is 2.75 bits per heavy atom. The Kier molecular flexibility index (Phi) is 5.14. The summed E-state index contributed by atoms with van der Waals surface area (Å²) in [5.74, 6) is 0.549. The summed E-state index contributed by atoms with van der Waals surface area (Å²) in [6.45, 7) is 7.89. The fourth-order valence-corrected chi connectivity index (χ4v) is 2.30. The monoisotopic (exact) mass is 281 g/mol. The van der Waals surface area contributed by atoms with Gasteiger partial charge >= 0.3 is 0 Å². The van der Waals surface area contributed by atoms with Crippen molar-refractivity contribution in [3.05, 3.63) is 17.5 Å². The van der Waals surface area contributed by atoms with Crippen LogP contribution in [0.1, 0.15) is 42.4 Å². The molecule has 6 nitrogen and oxygen atoms in total. The highest BCUT2D eigenvalue weighted by molar-refractivity contribution is 5.91. The van der Waals surface area contributed by atoms with Gasteiger partial charge in [-0.1, -0.05) is 19.0 Å². The van der Waals surface area contributed by atoms with Gasteiger partial charge in [-0.05, 0) is 6.42 Å². The fourth-order valence-electron chi connectivity index (χ4n) is 2.30. The van der Waals surface area contributed by atoms with Crippen LogP contribution in [0.25, 0.3) is 0 Å². The van der Waals surface area contributed by atoms with Crippen LogP contribution in [0.5, 0.6) is 0 Å². The molecule has 1 unspecified atom stereocenters. The number of amides is 1. The van der Waals surface area contributed by atoms with Crippen molar-refractivity contribution in [1.82, 2.24) is 15.0 Å². The van der Waals surface area contributed by atoms with Crippen LogP contribution in [0.2, 0.25) is 0 Å². The standard InChI is InChI=1S/C14H23N3O3/c1-3-11(2)12-10-13(20-15-12)14(19)17-6-4-16(5-7-17)8-9-18/h10-11,18H,3-9H2,1-2H3. The second kappa shape index (κ2) is 6.85. The lowest BCUT2D eigenvalue weighted by molar-refractivity contribution is 0.0576. The van der Waals surface area contributed by atoms with Gasteiger partial charge < -0.3 is 14.5 Å². The number of carbonyl (C=O) groups is 1. The topological polar surface area (TPSA) is 69.8 Å². The molecule has 0 aliphatic carbocycles. The minimum Gasteiger partial charge on any atom is -0.395 e. The summed E-state index contributed by atoms with van der Waals surface area (Å²) in [5, 5.41) is 12.9. The number of aliphatic hydroxyl groups excluding tert-OH is 1. The molecule has 1 saturated heterocycles. The van der Waals surface area contributed by atoms with Crippen molar-refractivity contribution in [1.29, 1.82) is 0 Å². The summed E-state index contributed by atoms with van der Waals surface area (Å²) < 4.78 is 5.18. The molecule has 2 rings (SSSR count). The normalized spacial score (nSPS) is 18.2. The van der Waals surface area contributed by atoms with Gasteiger partial charge in [-0.25, -0.2) is 0 Å². The average Bonchev–Trinajstić information content (AvgIpc) is 2.96. The third kappa shape index (κ3) is 3.37. The lowest BCUT2D eigenvalue weighted by Crippen LogP contribution is -2.49. The van der Waals surface area contributed by atoms with Crippen molar-refractivity contribution >= 4 is 5.91 Å². The van der Waals surface area contributed by atoms with E-state index < -0.39 is 0 Å². The lowest BCUT2D eigenvalue weighted by Gasteiger charge is -2.33. The lowest BCUT2D eigenvalue weighted by atomic mass is 10.1. The molecule has 1 aromatic heterocycles. The first-order chi connectivity index (χ1) is 9.65. The van der Waals surface area contributed by atoms with E-state index in [1.807, 2.05) is 0 Å². The number of piperazine rings is 1. The van der Waals surface area contributed by atoms with Crippen molar-refractivity contribution < 1.29 is 14.4 Å². The van der Waals surface area contributed by atoms with Gasteiger partial charge in [-0.2, -0.15) is 0 Å². The van der Waals surface area contributed by atoms with Gasteiger partial charge in [0.1, 0.15) is 0 Å². The molecule has 0 spiro atoms. The number of rotatable bonds is 5. The van der Waals surface area contributed by atoms with Crippen molar-refractivity contribution in [2.75, 3.05) is 39.3 Å². The van der Waals surface area contributed by atoms with Crippen LogP contribution < -0.4 is 0 Å². The second-order valence-corrected chi connectivity index (χ2v) is 5.28. The zero-order chi connectivity index (χ0) is 14.5. The number of aromatic nitrogens is 1. The molecule has 1 aliphatic heterocycles. The van der Waals surface area contributed by atoms with Crippen LogP contribution in [-0.4, -0.2) is 65.3 Å². The number of hydrogen-bond donors (Lipinski definition) is 1. The highest BCUT2D eigenvalue weighted by Crippen LogP contribution is 2.19. The predicted molar refractivity (Wildman–Crippen MR) is 74.6 cm³/mol. The summed E-state index contributed by atoms with van der Waals surface area (Å²) >= 11 is 0. The van der Waals surface area contributed by atoms with E-state index in [0.29, 0.717) is 31.3 Å². The van der Waals surface area contributed by atoms with Gasteiger partial charge in [0, 0.05) is 44.7 Å². The van der Waals surface area contributed by atoms with Gasteiger partial charge in [0.2, 0.25) is 5.76 Å². The molecule has 0 saturated carbocycles. The zero-order valence-corrected chi connectivity index (χ0v) is 12.2. The Bertz CT molecular complexity index is 439. The average molecular weight is 281 g/mol. The number of β-amino-alcohol motifs (C(OH)–C–C–N with tert-alkyl or cyclic N) is 1. The van der Waals surface area contributed by atoms with Crippen LogP contribution in [0.3, 0.4) is 0 Å². The maximum absolute atomic E-state index is 12.3. The van der Waals surface area contributed by atoms with Crippen molar-refractivity contribution in [3.63, 3.8) is 0 Å². The second-order valence-electron chi connectivity index (χ2n) is 5.28. The van der Waals surface area contributed by atoms with E-state index in [9.17, 15) is 4.79 Å². The van der Waals surface area contributed by atoms with Crippen LogP contribution in [-0.2, 0) is 0 Å². The smallest absolute Gasteiger partial charge is 0.292 e. The molecular formula is C14H23N3O3. The Balaban J connectivity index is 1.93. The Hall–Kier alpha value is -1.40. The molecule has 0 aromatic carbocycles. The summed E-state index contributed by atoms with van der Waals surface area (Å²) in [5.41, 5.74) is 0.842. The minimum atomic E-state index is -0.0873. The predicted octanol–water partition coefficient (Wildman–Crippen LogP) is 0.938. The first kappa shape index (κ1) is 15.0. The maximum Gasteiger partial charge on any atom is 0.292 e. The molecule has 0 radical (unpaired) electrons. The first-order valence-corrected chi connectivity index (χ1v) is 7.24. The number of nitrogens with zero attached hydrogens (tertiary/aromatic N) is 3. The van der Waals surface area contributed by atoms with Crippen molar-refractivity contribution in [2.45, 2.75) is 26.2 Å². The largest absolute Gasteiger partial charge is 0.395 e. The third-order valence-electron chi connectivity index (χ3n) is 3.93. The summed E-state index contributed by atoms with van der Waals surface area (Å²) in [4.78, 5) is 16.2. The molecule has 1 N–H and O–H groups in total. The zero-order valence-electron chi connectivity index (χ0n) is 12.2. The Morgan fingerprint density at radius 1 is 1.45 bits per heavy atom. The molecule has 6 heteroatoms. The first-order valence-electron chi connectivity index (χ1n) is 7.24. The van der Waals surface area contributed by atoms with E-state index in [2.05, 4.69) is 23.9 Å². The number of hydrogen-bond acceptors (Lipinski definition) is 5. The minimum absolute atomic E-state index is 0.0873. The van der Waals surface area contributed by atoms with Crippen LogP contribution in [0, 0.1) is 0 Å². The van der Waals surface area contributed by atoms with E-state index in [-0.39, 0.29) is 12.5 Å². The molecule has 20 heavy (non-hydrogen) atoms. The van der Waals surface area contributed by atoms with Crippen molar-refractivity contribution in [2.24, 2.45) is 0 Å². The van der Waals surface area contributed by atoms with Crippen molar-refractivity contribution in [3.8, 4) is 0 Å². The Morgan fingerprint density at radius 2 is 2.15 bits per heavy atom. The highest BCUT2D eigenvalue weighted by atomic mass is 16.5. The van der Waals surface area contributed by atoms with Gasteiger partial charge in [0.25, 0.3) is 5.91 Å². The Labute approximate surface area is 119 Å². The highest BCUT2D eigenvalue weighted by Gasteiger charge is 2.25. The summed E-state index contributed by atoms with van der Waals surface area (Å²) in [7, 11) is 0. The molecule has 112 valence electrons. The third-order valence-corrected chi connectivity index (χ3v) is 3.93. The quantitative estimate of drug-likeness (QED) is 0.869. The molecule has 2 heterocycles. The number of carbonyl (C=O) groups excluding carboxylic acids is 1. The molecule has 1 aromatic rings. The summed E-state index contributed by atoms with van der Waals surface area (Å²) in [6.07, 6.45) is 0.972. The van der Waals surface area contributed by atoms with E-state index in [1.54, 1.807) is 11.0 Å². The van der Waals surface area contributed by atoms with Crippen LogP contribution in [0.15, 0.2) is 10.6 Å². The van der Waals surface area contributed by atoms with E-state index in [4.69, 9.17) is 9.63 Å². The van der Waals surface area contributed by atoms with Crippen LogP contribution in [0.4, 0.5) is 0 Å². The molecule has 0 bridgehead atoms. The van der Waals surface area contributed by atoms with E-state index in [1.165, 1.54) is 0 Å². The SMILES string of the molecule is CCC(C)c1cc(C(=O)N2CCN(CCO)CC2)on1. The number of aliphatic hydroxyl groups is 1. The van der Waals surface area contributed by atoms with E-state index >= 15 is 0 Å². The molecule has 1 amide bonds. The maximum atomic E-state index is 12.3. The molecule has 1 atom stereocenters. The molecule has 1 fully saturated rings. The fraction of sp³-hybridized carbons (Fsp3) is 0.714. The van der Waals surface area contributed by atoms with Gasteiger partial charge in [-0.3, -0.25) is 9.69 Å². The van der Waals surface area contributed by atoms with Crippen LogP contribution >= 0.6 is 0 Å². The molecule has 1 aliphatic rings. The summed E-state index contributed by atoms with van der Waals surface area (Å²) in [6, 6.07) is 1.76. The van der Waals surface area contributed by atoms with Gasteiger partial charge in [-0.15, -0.1) is 0 Å². The molecular weight excluding hydrogens is 258 g/mol. The van der Waals surface area contributed by atoms with E-state index in [0.717, 1.165) is 25.2 Å².